The first-order chi connectivity index (χ1) is 14.7. The molecule has 3 rings (SSSR count). The number of sulfonamides is 1. The van der Waals surface area contributed by atoms with Gasteiger partial charge < -0.3 is 10.1 Å². The zero-order valence-corrected chi connectivity index (χ0v) is 19.6. The SMILES string of the molecule is Cc1ccc(C)c(C(C)NC(=O)COc2ccc(N(C)S(=O)(=O)c3cccs3)cc2)c1. The monoisotopic (exact) mass is 458 g/mol. The Balaban J connectivity index is 1.58. The number of hydrogen-bond donors (Lipinski definition) is 1. The van der Waals surface area contributed by atoms with Crippen molar-refractivity contribution in [1.82, 2.24) is 5.32 Å². The van der Waals surface area contributed by atoms with Crippen LogP contribution in [-0.4, -0.2) is 28.0 Å². The van der Waals surface area contributed by atoms with Crippen LogP contribution >= 0.6 is 11.3 Å². The van der Waals surface area contributed by atoms with Gasteiger partial charge in [-0.3, -0.25) is 9.10 Å². The van der Waals surface area contributed by atoms with Gasteiger partial charge in [-0.15, -0.1) is 11.3 Å². The topological polar surface area (TPSA) is 75.7 Å². The van der Waals surface area contributed by atoms with Gasteiger partial charge in [-0.05, 0) is 67.6 Å². The molecule has 164 valence electrons. The van der Waals surface area contributed by atoms with Crippen LogP contribution in [0.1, 0.15) is 29.7 Å². The molecule has 0 bridgehead atoms. The molecule has 3 aromatic rings. The van der Waals surface area contributed by atoms with Crippen LogP contribution in [0.2, 0.25) is 0 Å². The van der Waals surface area contributed by atoms with E-state index in [2.05, 4.69) is 11.4 Å². The highest BCUT2D eigenvalue weighted by atomic mass is 32.2. The minimum atomic E-state index is -3.59. The molecule has 0 aliphatic carbocycles. The van der Waals surface area contributed by atoms with Gasteiger partial charge in [0.1, 0.15) is 9.96 Å². The summed E-state index contributed by atoms with van der Waals surface area (Å²) in [4.78, 5) is 12.3. The fraction of sp³-hybridized carbons (Fsp3) is 0.261. The molecule has 0 saturated heterocycles. The van der Waals surface area contributed by atoms with Crippen molar-refractivity contribution in [1.29, 1.82) is 0 Å². The summed E-state index contributed by atoms with van der Waals surface area (Å²) in [7, 11) is -2.08. The van der Waals surface area contributed by atoms with E-state index in [1.165, 1.54) is 22.7 Å². The van der Waals surface area contributed by atoms with E-state index in [9.17, 15) is 13.2 Å². The number of amides is 1. The summed E-state index contributed by atoms with van der Waals surface area (Å²) in [6, 6.07) is 15.9. The number of benzene rings is 2. The number of rotatable bonds is 8. The molecule has 1 unspecified atom stereocenters. The molecule has 0 radical (unpaired) electrons. The normalized spacial score (nSPS) is 12.3. The van der Waals surface area contributed by atoms with E-state index in [4.69, 9.17) is 4.74 Å². The largest absolute Gasteiger partial charge is 0.484 e. The lowest BCUT2D eigenvalue weighted by atomic mass is 10.00. The van der Waals surface area contributed by atoms with Crippen LogP contribution in [0.25, 0.3) is 0 Å². The Morgan fingerprint density at radius 2 is 1.84 bits per heavy atom. The maximum absolute atomic E-state index is 12.6. The summed E-state index contributed by atoms with van der Waals surface area (Å²) in [5, 5.41) is 4.68. The number of ether oxygens (including phenoxy) is 1. The van der Waals surface area contributed by atoms with E-state index < -0.39 is 10.0 Å². The summed E-state index contributed by atoms with van der Waals surface area (Å²) in [5.74, 6) is 0.259. The van der Waals surface area contributed by atoms with Gasteiger partial charge >= 0.3 is 0 Å². The van der Waals surface area contributed by atoms with Gasteiger partial charge in [0.05, 0.1) is 11.7 Å². The van der Waals surface area contributed by atoms with Gasteiger partial charge in [0.2, 0.25) is 0 Å². The van der Waals surface area contributed by atoms with Gasteiger partial charge in [0.15, 0.2) is 6.61 Å². The average molecular weight is 459 g/mol. The van der Waals surface area contributed by atoms with Gasteiger partial charge in [0, 0.05) is 7.05 Å². The molecule has 31 heavy (non-hydrogen) atoms. The lowest BCUT2D eigenvalue weighted by molar-refractivity contribution is -0.123. The Labute approximate surface area is 187 Å². The summed E-state index contributed by atoms with van der Waals surface area (Å²) >= 11 is 1.17. The highest BCUT2D eigenvalue weighted by Crippen LogP contribution is 2.26. The summed E-state index contributed by atoms with van der Waals surface area (Å²) in [6.07, 6.45) is 0. The predicted octanol–water partition coefficient (Wildman–Crippen LogP) is 4.45. The van der Waals surface area contributed by atoms with Crippen molar-refractivity contribution in [3.05, 3.63) is 76.7 Å². The second-order valence-corrected chi connectivity index (χ2v) is 10.5. The molecule has 0 aliphatic heterocycles. The molecule has 0 aliphatic rings. The lowest BCUT2D eigenvalue weighted by Gasteiger charge is -2.19. The first-order valence-electron chi connectivity index (χ1n) is 9.80. The zero-order chi connectivity index (χ0) is 22.6. The van der Waals surface area contributed by atoms with Crippen LogP contribution < -0.4 is 14.4 Å². The molecule has 1 N–H and O–H groups in total. The van der Waals surface area contributed by atoms with Crippen molar-refractivity contribution in [3.8, 4) is 5.75 Å². The highest BCUT2D eigenvalue weighted by molar-refractivity contribution is 7.94. The van der Waals surface area contributed by atoms with E-state index in [-0.39, 0.29) is 22.8 Å². The second-order valence-electron chi connectivity index (χ2n) is 7.34. The molecule has 0 fully saturated rings. The summed E-state index contributed by atoms with van der Waals surface area (Å²) < 4.78 is 32.3. The number of anilines is 1. The molecule has 0 saturated carbocycles. The van der Waals surface area contributed by atoms with Crippen molar-refractivity contribution in [2.24, 2.45) is 0 Å². The van der Waals surface area contributed by atoms with Gasteiger partial charge in [-0.25, -0.2) is 8.42 Å². The molecule has 1 atom stereocenters. The van der Waals surface area contributed by atoms with Crippen LogP contribution in [-0.2, 0) is 14.8 Å². The predicted molar refractivity (Wildman–Crippen MR) is 124 cm³/mol. The van der Waals surface area contributed by atoms with E-state index in [1.54, 1.807) is 41.8 Å². The van der Waals surface area contributed by atoms with Gasteiger partial charge in [-0.2, -0.15) is 0 Å². The van der Waals surface area contributed by atoms with Crippen molar-refractivity contribution in [3.63, 3.8) is 0 Å². The summed E-state index contributed by atoms with van der Waals surface area (Å²) in [6.45, 7) is 5.86. The first kappa shape index (κ1) is 22.8. The van der Waals surface area contributed by atoms with E-state index in [0.717, 1.165) is 16.7 Å². The quantitative estimate of drug-likeness (QED) is 0.541. The fourth-order valence-electron chi connectivity index (χ4n) is 3.17. The van der Waals surface area contributed by atoms with Crippen LogP contribution in [0.15, 0.2) is 64.2 Å². The average Bonchev–Trinajstić information content (AvgIpc) is 3.29. The third-order valence-corrected chi connectivity index (χ3v) is 8.12. The van der Waals surface area contributed by atoms with Gasteiger partial charge in [0.25, 0.3) is 15.9 Å². The van der Waals surface area contributed by atoms with Crippen molar-refractivity contribution in [2.75, 3.05) is 18.0 Å². The van der Waals surface area contributed by atoms with Crippen molar-refractivity contribution < 1.29 is 17.9 Å². The number of nitrogens with one attached hydrogen (secondary N) is 1. The lowest BCUT2D eigenvalue weighted by Crippen LogP contribution is -2.31. The minimum absolute atomic E-state index is 0.127. The Morgan fingerprint density at radius 3 is 2.48 bits per heavy atom. The molecule has 2 aromatic carbocycles. The molecule has 6 nitrogen and oxygen atoms in total. The fourth-order valence-corrected chi connectivity index (χ4v) is 5.53. The van der Waals surface area contributed by atoms with Crippen molar-refractivity contribution in [2.45, 2.75) is 31.0 Å². The molecular formula is C23H26N2O4S2. The first-order valence-corrected chi connectivity index (χ1v) is 12.1. The zero-order valence-electron chi connectivity index (χ0n) is 18.0. The molecule has 1 heterocycles. The molecule has 1 aromatic heterocycles. The van der Waals surface area contributed by atoms with Crippen LogP contribution in [0.3, 0.4) is 0 Å². The Kier molecular flexibility index (Phi) is 7.02. The maximum atomic E-state index is 12.6. The number of carbonyl (C=O) groups is 1. The Bertz CT molecular complexity index is 1140. The highest BCUT2D eigenvalue weighted by Gasteiger charge is 2.22. The maximum Gasteiger partial charge on any atom is 0.273 e. The number of hydrogen-bond acceptors (Lipinski definition) is 5. The molecule has 1 amide bonds. The minimum Gasteiger partial charge on any atom is -0.484 e. The third-order valence-electron chi connectivity index (χ3n) is 4.96. The van der Waals surface area contributed by atoms with Crippen LogP contribution in [0.5, 0.6) is 5.75 Å². The second kappa shape index (κ2) is 9.53. The molecule has 0 spiro atoms. The van der Waals surface area contributed by atoms with Crippen LogP contribution in [0.4, 0.5) is 5.69 Å². The van der Waals surface area contributed by atoms with Crippen LogP contribution in [0, 0.1) is 13.8 Å². The van der Waals surface area contributed by atoms with Gasteiger partial charge in [-0.1, -0.05) is 29.8 Å². The number of aryl methyl sites for hydroxylation is 2. The Hall–Kier alpha value is -2.84. The standard InChI is InChI=1S/C23H26N2O4S2/c1-16-7-8-17(2)21(14-16)18(3)24-22(26)15-29-20-11-9-19(10-12-20)25(4)31(27,28)23-6-5-13-30-23/h5-14,18H,15H2,1-4H3,(H,24,26). The van der Waals surface area contributed by atoms with E-state index in [1.807, 2.05) is 32.9 Å². The molecule has 8 heteroatoms. The van der Waals surface area contributed by atoms with E-state index >= 15 is 0 Å². The number of thiophene rings is 1. The third kappa shape index (κ3) is 5.45. The van der Waals surface area contributed by atoms with E-state index in [0.29, 0.717) is 11.4 Å². The number of nitrogens with zero attached hydrogens (tertiary/aromatic N) is 1. The smallest absolute Gasteiger partial charge is 0.273 e. The summed E-state index contributed by atoms with van der Waals surface area (Å²) in [5.41, 5.74) is 3.85. The Morgan fingerprint density at radius 1 is 1.13 bits per heavy atom. The molecular weight excluding hydrogens is 432 g/mol. The number of carbonyl (C=O) groups excluding carboxylic acids is 1. The van der Waals surface area contributed by atoms with Crippen molar-refractivity contribution >= 4 is 33.0 Å².